The quantitative estimate of drug-likeness (QED) is 0.863. The van der Waals surface area contributed by atoms with Gasteiger partial charge in [-0.25, -0.2) is 0 Å². The van der Waals surface area contributed by atoms with E-state index in [4.69, 9.17) is 5.73 Å². The van der Waals surface area contributed by atoms with Crippen molar-refractivity contribution >= 4 is 22.3 Å². The van der Waals surface area contributed by atoms with Crippen LogP contribution in [0.3, 0.4) is 0 Å². The SMILES string of the molecule is Nc1cnc2ccccc2c1N1CCC2CCCCC2C1. The van der Waals surface area contributed by atoms with Crippen LogP contribution in [0.1, 0.15) is 32.1 Å². The number of anilines is 2. The van der Waals surface area contributed by atoms with E-state index in [0.29, 0.717) is 0 Å². The van der Waals surface area contributed by atoms with Crippen molar-refractivity contribution in [3.05, 3.63) is 30.5 Å². The fourth-order valence-corrected chi connectivity index (χ4v) is 4.30. The standard InChI is InChI=1S/C18H23N3/c19-16-11-20-17-8-4-3-7-15(17)18(16)21-10-9-13-5-1-2-6-14(13)12-21/h3-4,7-8,11,13-14H,1-2,5-6,9-10,12,19H2. The molecule has 3 nitrogen and oxygen atoms in total. The Morgan fingerprint density at radius 1 is 1.05 bits per heavy atom. The van der Waals surface area contributed by atoms with E-state index in [-0.39, 0.29) is 0 Å². The monoisotopic (exact) mass is 281 g/mol. The Hall–Kier alpha value is -1.77. The molecular formula is C18H23N3. The highest BCUT2D eigenvalue weighted by molar-refractivity contribution is 5.97. The minimum absolute atomic E-state index is 0.822. The minimum atomic E-state index is 0.822. The summed E-state index contributed by atoms with van der Waals surface area (Å²) in [5, 5.41) is 1.20. The number of nitrogens with zero attached hydrogens (tertiary/aromatic N) is 2. The highest BCUT2D eigenvalue weighted by Gasteiger charge is 2.32. The first-order valence-electron chi connectivity index (χ1n) is 8.21. The van der Waals surface area contributed by atoms with Crippen LogP contribution in [0.4, 0.5) is 11.4 Å². The number of piperidine rings is 1. The van der Waals surface area contributed by atoms with Crippen LogP contribution in [-0.2, 0) is 0 Å². The minimum Gasteiger partial charge on any atom is -0.396 e. The normalized spacial score (nSPS) is 25.8. The number of fused-ring (bicyclic) bond motifs is 2. The Balaban J connectivity index is 1.71. The zero-order valence-corrected chi connectivity index (χ0v) is 12.5. The lowest BCUT2D eigenvalue weighted by atomic mass is 9.75. The molecule has 2 aromatic rings. The number of hydrogen-bond acceptors (Lipinski definition) is 3. The zero-order valence-electron chi connectivity index (χ0n) is 12.5. The second-order valence-corrected chi connectivity index (χ2v) is 6.62. The van der Waals surface area contributed by atoms with E-state index in [0.717, 1.165) is 29.6 Å². The van der Waals surface area contributed by atoms with Crippen LogP contribution in [0.2, 0.25) is 0 Å². The molecule has 1 aromatic carbocycles. The second kappa shape index (κ2) is 5.21. The van der Waals surface area contributed by atoms with Gasteiger partial charge in [0.1, 0.15) is 0 Å². The summed E-state index contributed by atoms with van der Waals surface area (Å²) in [4.78, 5) is 6.99. The van der Waals surface area contributed by atoms with Crippen LogP contribution in [-0.4, -0.2) is 18.1 Å². The number of rotatable bonds is 1. The number of nitrogens with two attached hydrogens (primary N) is 1. The Bertz CT molecular complexity index is 652. The molecule has 0 bridgehead atoms. The molecule has 2 aliphatic rings. The number of hydrogen-bond donors (Lipinski definition) is 1. The molecule has 1 aliphatic carbocycles. The van der Waals surface area contributed by atoms with E-state index in [1.165, 1.54) is 49.7 Å². The fraction of sp³-hybridized carbons (Fsp3) is 0.500. The van der Waals surface area contributed by atoms with Gasteiger partial charge in [0.2, 0.25) is 0 Å². The predicted octanol–water partition coefficient (Wildman–Crippen LogP) is 3.83. The van der Waals surface area contributed by atoms with Crippen molar-refractivity contribution in [1.82, 2.24) is 4.98 Å². The van der Waals surface area contributed by atoms with Crippen molar-refractivity contribution in [2.24, 2.45) is 11.8 Å². The lowest BCUT2D eigenvalue weighted by molar-refractivity contribution is 0.203. The maximum atomic E-state index is 6.28. The Labute approximate surface area is 126 Å². The van der Waals surface area contributed by atoms with Crippen molar-refractivity contribution in [1.29, 1.82) is 0 Å². The molecule has 0 spiro atoms. The first-order chi connectivity index (χ1) is 10.3. The number of nitrogen functional groups attached to an aromatic ring is 1. The maximum absolute atomic E-state index is 6.28. The summed E-state index contributed by atoms with van der Waals surface area (Å²) in [6.07, 6.45) is 8.81. The number of pyridine rings is 1. The number of benzene rings is 1. The van der Waals surface area contributed by atoms with Gasteiger partial charge in [-0.1, -0.05) is 37.5 Å². The largest absolute Gasteiger partial charge is 0.396 e. The molecular weight excluding hydrogens is 258 g/mol. The molecule has 1 aromatic heterocycles. The molecule has 2 atom stereocenters. The molecule has 0 amide bonds. The molecule has 110 valence electrons. The van der Waals surface area contributed by atoms with E-state index in [2.05, 4.69) is 28.1 Å². The first-order valence-corrected chi connectivity index (χ1v) is 8.21. The highest BCUT2D eigenvalue weighted by Crippen LogP contribution is 2.40. The molecule has 0 radical (unpaired) electrons. The van der Waals surface area contributed by atoms with Crippen LogP contribution in [0.5, 0.6) is 0 Å². The zero-order chi connectivity index (χ0) is 14.2. The van der Waals surface area contributed by atoms with Gasteiger partial charge in [-0.2, -0.15) is 0 Å². The number of para-hydroxylation sites is 1. The molecule has 1 saturated carbocycles. The smallest absolute Gasteiger partial charge is 0.0745 e. The van der Waals surface area contributed by atoms with Gasteiger partial charge in [0, 0.05) is 18.5 Å². The molecule has 2 unspecified atom stereocenters. The van der Waals surface area contributed by atoms with Crippen molar-refractivity contribution in [2.75, 3.05) is 23.7 Å². The summed E-state index contributed by atoms with van der Waals surface area (Å²) in [6, 6.07) is 8.36. The van der Waals surface area contributed by atoms with Crippen LogP contribution in [0.15, 0.2) is 30.5 Å². The van der Waals surface area contributed by atoms with Crippen molar-refractivity contribution in [3.8, 4) is 0 Å². The molecule has 2 heterocycles. The van der Waals surface area contributed by atoms with Gasteiger partial charge in [0.25, 0.3) is 0 Å². The van der Waals surface area contributed by atoms with Crippen LogP contribution >= 0.6 is 0 Å². The van der Waals surface area contributed by atoms with E-state index < -0.39 is 0 Å². The summed E-state index contributed by atoms with van der Waals surface area (Å²) in [5.74, 6) is 1.81. The van der Waals surface area contributed by atoms with Gasteiger partial charge < -0.3 is 10.6 Å². The number of aromatic nitrogens is 1. The molecule has 21 heavy (non-hydrogen) atoms. The topological polar surface area (TPSA) is 42.1 Å². The van der Waals surface area contributed by atoms with Gasteiger partial charge >= 0.3 is 0 Å². The highest BCUT2D eigenvalue weighted by atomic mass is 15.2. The van der Waals surface area contributed by atoms with Crippen LogP contribution in [0, 0.1) is 11.8 Å². The maximum Gasteiger partial charge on any atom is 0.0745 e. The molecule has 1 aliphatic heterocycles. The molecule has 2 N–H and O–H groups in total. The lowest BCUT2D eigenvalue weighted by Gasteiger charge is -2.42. The molecule has 3 heteroatoms. The average molecular weight is 281 g/mol. The van der Waals surface area contributed by atoms with Crippen LogP contribution in [0.25, 0.3) is 10.9 Å². The molecule has 1 saturated heterocycles. The van der Waals surface area contributed by atoms with Crippen LogP contribution < -0.4 is 10.6 Å². The summed E-state index contributed by atoms with van der Waals surface area (Å²) >= 11 is 0. The Morgan fingerprint density at radius 3 is 2.76 bits per heavy atom. The molecule has 4 rings (SSSR count). The fourth-order valence-electron chi connectivity index (χ4n) is 4.30. The predicted molar refractivity (Wildman–Crippen MR) is 88.4 cm³/mol. The van der Waals surface area contributed by atoms with Crippen molar-refractivity contribution < 1.29 is 0 Å². The summed E-state index contributed by atoms with van der Waals surface area (Å²) in [6.45, 7) is 2.31. The second-order valence-electron chi connectivity index (χ2n) is 6.62. The van der Waals surface area contributed by atoms with E-state index >= 15 is 0 Å². The van der Waals surface area contributed by atoms with Crippen molar-refractivity contribution in [2.45, 2.75) is 32.1 Å². The Morgan fingerprint density at radius 2 is 1.86 bits per heavy atom. The molecule has 2 fully saturated rings. The van der Waals surface area contributed by atoms with Gasteiger partial charge in [0.05, 0.1) is 23.1 Å². The summed E-state index contributed by atoms with van der Waals surface area (Å²) in [5.41, 5.74) is 9.36. The third-order valence-electron chi connectivity index (χ3n) is 5.38. The average Bonchev–Trinajstić information content (AvgIpc) is 2.54. The Kier molecular flexibility index (Phi) is 3.21. The van der Waals surface area contributed by atoms with Gasteiger partial charge in [-0.3, -0.25) is 4.98 Å². The first kappa shape index (κ1) is 12.9. The lowest BCUT2D eigenvalue weighted by Crippen LogP contribution is -2.42. The third kappa shape index (κ3) is 2.25. The van der Waals surface area contributed by atoms with Gasteiger partial charge in [0.15, 0.2) is 0 Å². The van der Waals surface area contributed by atoms with E-state index in [1.54, 1.807) is 0 Å². The summed E-state index contributed by atoms with van der Waals surface area (Å²) in [7, 11) is 0. The van der Waals surface area contributed by atoms with Crippen molar-refractivity contribution in [3.63, 3.8) is 0 Å². The third-order valence-corrected chi connectivity index (χ3v) is 5.38. The van der Waals surface area contributed by atoms with Gasteiger partial charge in [-0.05, 0) is 30.7 Å². The van der Waals surface area contributed by atoms with E-state index in [9.17, 15) is 0 Å². The van der Waals surface area contributed by atoms with E-state index in [1.807, 2.05) is 12.3 Å². The van der Waals surface area contributed by atoms with Gasteiger partial charge in [-0.15, -0.1) is 0 Å². The summed E-state index contributed by atoms with van der Waals surface area (Å²) < 4.78 is 0.